The largest absolute Gasteiger partial charge is 0.310 e. The Balaban J connectivity index is 0.000000222. The number of aromatic nitrogens is 6. The van der Waals surface area contributed by atoms with E-state index in [-0.39, 0.29) is 14.9 Å². The highest BCUT2D eigenvalue weighted by atomic mass is 15.1. The first-order chi connectivity index (χ1) is 10.9. The summed E-state index contributed by atoms with van der Waals surface area (Å²) >= 11 is 0. The molecule has 1 unspecified atom stereocenters. The molecule has 130 valence electrons. The second-order valence-corrected chi connectivity index (χ2v) is 5.11. The molecule has 1 aliphatic heterocycles. The quantitative estimate of drug-likeness (QED) is 0.670. The maximum Gasteiger partial charge on any atom is 0.0916 e. The Labute approximate surface area is 143 Å². The van der Waals surface area contributed by atoms with E-state index in [1.807, 2.05) is 12.4 Å². The van der Waals surface area contributed by atoms with Crippen LogP contribution < -0.4 is 5.32 Å². The molecule has 0 aliphatic carbocycles. The molecule has 3 aromatic rings. The molecule has 0 spiro atoms. The average Bonchev–Trinajstić information content (AvgIpc) is 3.31. The zero-order valence-electron chi connectivity index (χ0n) is 12.2. The predicted molar refractivity (Wildman–Crippen MR) is 96.3 cm³/mol. The van der Waals surface area contributed by atoms with Crippen molar-refractivity contribution in [3.05, 3.63) is 48.9 Å². The third-order valence-corrected chi connectivity index (χ3v) is 3.59. The highest BCUT2D eigenvalue weighted by Gasteiger charge is 2.14. The Morgan fingerprint density at radius 1 is 0.917 bits per heavy atom. The summed E-state index contributed by atoms with van der Waals surface area (Å²) in [7, 11) is 0. The van der Waals surface area contributed by atoms with Crippen LogP contribution in [0.5, 0.6) is 0 Å². The minimum Gasteiger partial charge on any atom is -0.310 e. The summed E-state index contributed by atoms with van der Waals surface area (Å²) in [4.78, 5) is 8.04. The average molecular weight is 329 g/mol. The van der Waals surface area contributed by atoms with Crippen LogP contribution in [0.25, 0.3) is 11.3 Å². The highest BCUT2D eigenvalue weighted by Crippen LogP contribution is 2.21. The number of hydrogen-bond acceptors (Lipinski definition) is 5. The molecule has 1 aliphatic rings. The Morgan fingerprint density at radius 3 is 2.33 bits per heavy atom. The van der Waals surface area contributed by atoms with E-state index in [0.29, 0.717) is 6.04 Å². The first kappa shape index (κ1) is 19.5. The van der Waals surface area contributed by atoms with Gasteiger partial charge in [-0.25, -0.2) is 0 Å². The summed E-state index contributed by atoms with van der Waals surface area (Å²) in [5.41, 5.74) is 3.09. The van der Waals surface area contributed by atoms with Gasteiger partial charge in [0.25, 0.3) is 0 Å². The van der Waals surface area contributed by atoms with Crippen molar-refractivity contribution in [2.75, 3.05) is 6.54 Å². The SMILES string of the molecule is C.C.c1cnc(-c2cn[nH]c2)cn1.c1n[nH]cc1C1CCCCN1. The molecule has 24 heavy (non-hydrogen) atoms. The highest BCUT2D eigenvalue weighted by molar-refractivity contribution is 5.54. The Bertz CT molecular complexity index is 629. The molecule has 1 atom stereocenters. The molecule has 0 bridgehead atoms. The summed E-state index contributed by atoms with van der Waals surface area (Å²) in [5.74, 6) is 0. The summed E-state index contributed by atoms with van der Waals surface area (Å²) < 4.78 is 0. The molecule has 1 fully saturated rings. The van der Waals surface area contributed by atoms with E-state index in [0.717, 1.165) is 17.8 Å². The van der Waals surface area contributed by atoms with Crippen LogP contribution in [-0.2, 0) is 0 Å². The molecule has 0 amide bonds. The number of piperidine rings is 1. The maximum absolute atomic E-state index is 4.10. The monoisotopic (exact) mass is 329 g/mol. The number of nitrogens with one attached hydrogen (secondary N) is 3. The van der Waals surface area contributed by atoms with Crippen LogP contribution in [-0.4, -0.2) is 36.9 Å². The van der Waals surface area contributed by atoms with Gasteiger partial charge in [-0.3, -0.25) is 20.2 Å². The zero-order chi connectivity index (χ0) is 15.0. The summed E-state index contributed by atoms with van der Waals surface area (Å²) in [6.07, 6.45) is 16.3. The first-order valence-corrected chi connectivity index (χ1v) is 7.41. The molecule has 0 saturated carbocycles. The summed E-state index contributed by atoms with van der Waals surface area (Å²) in [6.45, 7) is 1.15. The number of aromatic amines is 2. The van der Waals surface area contributed by atoms with Gasteiger partial charge in [0.2, 0.25) is 0 Å². The molecule has 0 radical (unpaired) electrons. The lowest BCUT2D eigenvalue weighted by atomic mass is 10.0. The minimum atomic E-state index is 0. The molecule has 4 heterocycles. The van der Waals surface area contributed by atoms with Crippen LogP contribution in [0, 0.1) is 0 Å². The predicted octanol–water partition coefficient (Wildman–Crippen LogP) is 3.36. The van der Waals surface area contributed by atoms with Gasteiger partial charge in [-0.15, -0.1) is 0 Å². The number of H-pyrrole nitrogens is 2. The van der Waals surface area contributed by atoms with Crippen LogP contribution in [0.2, 0.25) is 0 Å². The van der Waals surface area contributed by atoms with Crippen LogP contribution in [0.3, 0.4) is 0 Å². The molecule has 1 saturated heterocycles. The lowest BCUT2D eigenvalue weighted by Crippen LogP contribution is -2.26. The standard InChI is InChI=1S/C8H13N3.C7H6N4.2CH4/c1-2-4-9-8(3-1)7-5-10-11-6-7;1-2-9-7(5-8-1)6-3-10-11-4-6;;/h5-6,8-9H,1-4H2,(H,10,11);1-5H,(H,10,11);2*1H4. The third kappa shape index (κ3) is 5.27. The van der Waals surface area contributed by atoms with Crippen LogP contribution in [0.1, 0.15) is 45.7 Å². The molecule has 3 N–H and O–H groups in total. The van der Waals surface area contributed by atoms with Crippen molar-refractivity contribution >= 4 is 0 Å². The van der Waals surface area contributed by atoms with Gasteiger partial charge in [-0.05, 0) is 19.4 Å². The van der Waals surface area contributed by atoms with Crippen LogP contribution in [0.4, 0.5) is 0 Å². The van der Waals surface area contributed by atoms with Gasteiger partial charge < -0.3 is 5.32 Å². The molecule has 3 aromatic heterocycles. The molecule has 0 aromatic carbocycles. The minimum absolute atomic E-state index is 0. The van der Waals surface area contributed by atoms with Gasteiger partial charge in [-0.1, -0.05) is 21.3 Å². The molecule has 7 nitrogen and oxygen atoms in total. The Hall–Kier alpha value is -2.54. The number of hydrogen-bond donors (Lipinski definition) is 3. The fourth-order valence-electron chi connectivity index (χ4n) is 2.43. The third-order valence-electron chi connectivity index (χ3n) is 3.59. The molecular formula is C17H27N7. The van der Waals surface area contributed by atoms with E-state index in [4.69, 9.17) is 0 Å². The van der Waals surface area contributed by atoms with Gasteiger partial charge in [0.05, 0.1) is 24.3 Å². The van der Waals surface area contributed by atoms with Crippen molar-refractivity contribution in [1.29, 1.82) is 0 Å². The van der Waals surface area contributed by atoms with E-state index < -0.39 is 0 Å². The van der Waals surface area contributed by atoms with Crippen molar-refractivity contribution in [2.45, 2.75) is 40.2 Å². The molecule has 7 heteroatoms. The second kappa shape index (κ2) is 10.3. The normalized spacial score (nSPS) is 16.1. The van der Waals surface area contributed by atoms with E-state index in [2.05, 4.69) is 35.7 Å². The van der Waals surface area contributed by atoms with E-state index in [1.54, 1.807) is 31.0 Å². The fraction of sp³-hybridized carbons (Fsp3) is 0.412. The first-order valence-electron chi connectivity index (χ1n) is 7.41. The van der Waals surface area contributed by atoms with Crippen LogP contribution in [0.15, 0.2) is 43.4 Å². The van der Waals surface area contributed by atoms with Crippen molar-refractivity contribution < 1.29 is 0 Å². The van der Waals surface area contributed by atoms with Crippen molar-refractivity contribution in [2.24, 2.45) is 0 Å². The van der Waals surface area contributed by atoms with Gasteiger partial charge in [0, 0.05) is 42.0 Å². The van der Waals surface area contributed by atoms with Crippen LogP contribution >= 0.6 is 0 Å². The molecule has 4 rings (SSSR count). The van der Waals surface area contributed by atoms with Gasteiger partial charge in [-0.2, -0.15) is 10.2 Å². The van der Waals surface area contributed by atoms with Gasteiger partial charge >= 0.3 is 0 Å². The summed E-state index contributed by atoms with van der Waals surface area (Å²) in [6, 6.07) is 0.544. The Kier molecular flexibility index (Phi) is 8.35. The van der Waals surface area contributed by atoms with E-state index in [9.17, 15) is 0 Å². The lowest BCUT2D eigenvalue weighted by Gasteiger charge is -2.21. The Morgan fingerprint density at radius 2 is 1.75 bits per heavy atom. The zero-order valence-corrected chi connectivity index (χ0v) is 12.2. The van der Waals surface area contributed by atoms with Crippen molar-refractivity contribution in [3.8, 4) is 11.3 Å². The van der Waals surface area contributed by atoms with Gasteiger partial charge in [0.15, 0.2) is 0 Å². The lowest BCUT2D eigenvalue weighted by molar-refractivity contribution is 0.412. The molecular weight excluding hydrogens is 302 g/mol. The van der Waals surface area contributed by atoms with Crippen molar-refractivity contribution in [1.82, 2.24) is 35.7 Å². The number of rotatable bonds is 2. The second-order valence-electron chi connectivity index (χ2n) is 5.11. The van der Waals surface area contributed by atoms with Crippen molar-refractivity contribution in [3.63, 3.8) is 0 Å². The number of nitrogens with zero attached hydrogens (tertiary/aromatic N) is 4. The van der Waals surface area contributed by atoms with E-state index >= 15 is 0 Å². The topological polar surface area (TPSA) is 95.2 Å². The van der Waals surface area contributed by atoms with Gasteiger partial charge in [0.1, 0.15) is 0 Å². The fourth-order valence-corrected chi connectivity index (χ4v) is 2.43. The summed E-state index contributed by atoms with van der Waals surface area (Å²) in [5, 5.41) is 16.7. The van der Waals surface area contributed by atoms with E-state index in [1.165, 1.54) is 24.8 Å². The maximum atomic E-state index is 4.10. The smallest absolute Gasteiger partial charge is 0.0916 e.